The predicted molar refractivity (Wildman–Crippen MR) is 49.9 cm³/mol. The summed E-state index contributed by atoms with van der Waals surface area (Å²) >= 11 is 0. The third-order valence-corrected chi connectivity index (χ3v) is 2.43. The zero-order chi connectivity index (χ0) is 10.7. The molecule has 0 bridgehead atoms. The molecule has 3 unspecified atom stereocenters. The molecule has 0 amide bonds. The molecule has 3 atom stereocenters. The Morgan fingerprint density at radius 2 is 2.21 bits per heavy atom. The fourth-order valence-corrected chi connectivity index (χ4v) is 1.90. The molecule has 3 N–H and O–H groups in total. The summed E-state index contributed by atoms with van der Waals surface area (Å²) in [5.74, 6) is -0.863. The number of piperidine rings is 1. The van der Waals surface area contributed by atoms with Crippen LogP contribution >= 0.6 is 0 Å². The monoisotopic (exact) mass is 203 g/mol. The molecule has 5 nitrogen and oxygen atoms in total. The van der Waals surface area contributed by atoms with E-state index in [1.807, 2.05) is 6.92 Å². The average Bonchev–Trinajstić information content (AvgIpc) is 2.01. The lowest BCUT2D eigenvalue weighted by molar-refractivity contribution is -0.148. The van der Waals surface area contributed by atoms with Gasteiger partial charge in [0.05, 0.1) is 6.10 Å². The highest BCUT2D eigenvalue weighted by atomic mass is 16.4. The van der Waals surface area contributed by atoms with Crippen LogP contribution in [-0.4, -0.2) is 58.0 Å². The number of carboxylic acids is 1. The first-order chi connectivity index (χ1) is 6.49. The van der Waals surface area contributed by atoms with Crippen molar-refractivity contribution in [3.05, 3.63) is 0 Å². The fraction of sp³-hybridized carbons (Fsp3) is 0.889. The van der Waals surface area contributed by atoms with Crippen molar-refractivity contribution in [2.24, 2.45) is 5.92 Å². The molecule has 1 aliphatic rings. The minimum Gasteiger partial charge on any atom is -0.479 e. The highest BCUT2D eigenvalue weighted by Gasteiger charge is 2.26. The van der Waals surface area contributed by atoms with Gasteiger partial charge in [-0.15, -0.1) is 0 Å². The number of hydrogen-bond donors (Lipinski definition) is 3. The van der Waals surface area contributed by atoms with Crippen LogP contribution in [0.25, 0.3) is 0 Å². The van der Waals surface area contributed by atoms with Gasteiger partial charge < -0.3 is 15.3 Å². The number of carbonyl (C=O) groups is 1. The van der Waals surface area contributed by atoms with Crippen LogP contribution in [0.1, 0.15) is 13.3 Å². The maximum absolute atomic E-state index is 10.4. The first-order valence-corrected chi connectivity index (χ1v) is 4.80. The molecule has 1 fully saturated rings. The van der Waals surface area contributed by atoms with Crippen molar-refractivity contribution in [3.8, 4) is 0 Å². The molecule has 0 aromatic carbocycles. The fourth-order valence-electron chi connectivity index (χ4n) is 1.90. The highest BCUT2D eigenvalue weighted by Crippen LogP contribution is 2.16. The molecule has 0 spiro atoms. The van der Waals surface area contributed by atoms with Crippen molar-refractivity contribution in [1.29, 1.82) is 0 Å². The van der Waals surface area contributed by atoms with E-state index < -0.39 is 18.2 Å². The van der Waals surface area contributed by atoms with Crippen LogP contribution in [-0.2, 0) is 4.79 Å². The average molecular weight is 203 g/mol. The van der Waals surface area contributed by atoms with Gasteiger partial charge in [-0.05, 0) is 12.3 Å². The Bertz CT molecular complexity index is 199. The number of hydrogen-bond acceptors (Lipinski definition) is 4. The van der Waals surface area contributed by atoms with Crippen molar-refractivity contribution in [3.63, 3.8) is 0 Å². The van der Waals surface area contributed by atoms with Crippen molar-refractivity contribution in [1.82, 2.24) is 4.90 Å². The second kappa shape index (κ2) is 4.72. The van der Waals surface area contributed by atoms with Crippen molar-refractivity contribution in [2.75, 3.05) is 19.6 Å². The Balaban J connectivity index is 2.40. The number of likely N-dealkylation sites (tertiary alicyclic amines) is 1. The van der Waals surface area contributed by atoms with Crippen LogP contribution in [0.4, 0.5) is 0 Å². The third-order valence-electron chi connectivity index (χ3n) is 2.43. The second-order valence-corrected chi connectivity index (χ2v) is 4.07. The van der Waals surface area contributed by atoms with Crippen LogP contribution in [0.3, 0.4) is 0 Å². The number of aliphatic hydroxyl groups excluding tert-OH is 2. The van der Waals surface area contributed by atoms with E-state index in [1.165, 1.54) is 0 Å². The third kappa shape index (κ3) is 3.25. The zero-order valence-corrected chi connectivity index (χ0v) is 8.26. The first-order valence-electron chi connectivity index (χ1n) is 4.80. The maximum atomic E-state index is 10.4. The van der Waals surface area contributed by atoms with Gasteiger partial charge in [0.1, 0.15) is 0 Å². The van der Waals surface area contributed by atoms with Crippen molar-refractivity contribution in [2.45, 2.75) is 25.6 Å². The molecule has 0 aromatic heterocycles. The lowest BCUT2D eigenvalue weighted by Crippen LogP contribution is -2.46. The summed E-state index contributed by atoms with van der Waals surface area (Å²) in [7, 11) is 0. The largest absolute Gasteiger partial charge is 0.479 e. The van der Waals surface area contributed by atoms with Crippen molar-refractivity contribution >= 4 is 5.97 Å². The maximum Gasteiger partial charge on any atom is 0.333 e. The Morgan fingerprint density at radius 3 is 2.71 bits per heavy atom. The number of aliphatic carboxylic acids is 1. The van der Waals surface area contributed by atoms with E-state index in [2.05, 4.69) is 0 Å². The molecule has 0 aromatic rings. The van der Waals surface area contributed by atoms with Gasteiger partial charge in [-0.2, -0.15) is 0 Å². The molecule has 0 radical (unpaired) electrons. The predicted octanol–water partition coefficient (Wildman–Crippen LogP) is -0.865. The van der Waals surface area contributed by atoms with Gasteiger partial charge in [0.25, 0.3) is 0 Å². The topological polar surface area (TPSA) is 81.0 Å². The Morgan fingerprint density at radius 1 is 1.57 bits per heavy atom. The van der Waals surface area contributed by atoms with E-state index in [0.717, 1.165) is 13.0 Å². The number of rotatable bonds is 3. The number of carboxylic acid groups (broad SMARTS) is 1. The van der Waals surface area contributed by atoms with Gasteiger partial charge in [0.15, 0.2) is 6.10 Å². The molecule has 82 valence electrons. The molecule has 1 rings (SSSR count). The van der Waals surface area contributed by atoms with E-state index in [0.29, 0.717) is 12.5 Å². The van der Waals surface area contributed by atoms with E-state index in [9.17, 15) is 9.90 Å². The molecule has 1 saturated heterocycles. The normalized spacial score (nSPS) is 31.4. The molecule has 0 saturated carbocycles. The molecule has 1 aliphatic heterocycles. The second-order valence-electron chi connectivity index (χ2n) is 4.07. The van der Waals surface area contributed by atoms with Gasteiger partial charge >= 0.3 is 5.97 Å². The van der Waals surface area contributed by atoms with E-state index in [4.69, 9.17) is 10.2 Å². The van der Waals surface area contributed by atoms with Gasteiger partial charge in [-0.3, -0.25) is 4.90 Å². The minimum atomic E-state index is -1.35. The van der Waals surface area contributed by atoms with Gasteiger partial charge in [0, 0.05) is 19.6 Å². The number of nitrogens with zero attached hydrogens (tertiary/aromatic N) is 1. The van der Waals surface area contributed by atoms with E-state index in [1.54, 1.807) is 4.90 Å². The zero-order valence-electron chi connectivity index (χ0n) is 8.26. The van der Waals surface area contributed by atoms with Crippen LogP contribution < -0.4 is 0 Å². The molecule has 1 heterocycles. The summed E-state index contributed by atoms with van der Waals surface area (Å²) < 4.78 is 0. The smallest absolute Gasteiger partial charge is 0.333 e. The lowest BCUT2D eigenvalue weighted by atomic mass is 9.98. The quantitative estimate of drug-likeness (QED) is 0.556. The molecule has 5 heteroatoms. The summed E-state index contributed by atoms with van der Waals surface area (Å²) in [4.78, 5) is 12.2. The molecular formula is C9H17NO4. The summed E-state index contributed by atoms with van der Waals surface area (Å²) in [5, 5.41) is 27.1. The summed E-state index contributed by atoms with van der Waals surface area (Å²) in [6, 6.07) is 0. The van der Waals surface area contributed by atoms with Crippen LogP contribution in [0, 0.1) is 5.92 Å². The first kappa shape index (κ1) is 11.4. The summed E-state index contributed by atoms with van der Waals surface area (Å²) in [6.07, 6.45) is -1.01. The number of aliphatic hydroxyl groups is 2. The summed E-state index contributed by atoms with van der Waals surface area (Å²) in [6.45, 7) is 3.29. The molecule has 0 aliphatic carbocycles. The Labute approximate surface area is 83.0 Å². The highest BCUT2D eigenvalue weighted by molar-refractivity contribution is 5.72. The van der Waals surface area contributed by atoms with Gasteiger partial charge in [-0.25, -0.2) is 4.79 Å². The van der Waals surface area contributed by atoms with Crippen LogP contribution in [0.15, 0.2) is 0 Å². The Kier molecular flexibility index (Phi) is 3.86. The molecular weight excluding hydrogens is 186 g/mol. The standard InChI is InChI=1S/C9H17NO4/c1-6-2-7(11)4-10(3-6)5-8(12)9(13)14/h6-8,11-12H,2-5H2,1H3,(H,13,14). The van der Waals surface area contributed by atoms with Gasteiger partial charge in [-0.1, -0.05) is 6.92 Å². The van der Waals surface area contributed by atoms with Crippen LogP contribution in [0.5, 0.6) is 0 Å². The van der Waals surface area contributed by atoms with Crippen molar-refractivity contribution < 1.29 is 20.1 Å². The van der Waals surface area contributed by atoms with E-state index >= 15 is 0 Å². The van der Waals surface area contributed by atoms with E-state index in [-0.39, 0.29) is 6.54 Å². The lowest BCUT2D eigenvalue weighted by Gasteiger charge is -2.34. The SMILES string of the molecule is CC1CC(O)CN(CC(O)C(=O)O)C1. The summed E-state index contributed by atoms with van der Waals surface area (Å²) in [5.41, 5.74) is 0. The van der Waals surface area contributed by atoms with Crippen LogP contribution in [0.2, 0.25) is 0 Å². The number of β-amino-alcohol motifs (C(OH)–C–C–N with tert-alkyl or cyclic N) is 2. The molecule has 14 heavy (non-hydrogen) atoms. The van der Waals surface area contributed by atoms with Gasteiger partial charge in [0.2, 0.25) is 0 Å². The Hall–Kier alpha value is -0.650. The minimum absolute atomic E-state index is 0.0940.